The quantitative estimate of drug-likeness (QED) is 0.877. The Kier molecular flexibility index (Phi) is 3.06. The van der Waals surface area contributed by atoms with Gasteiger partial charge in [0.05, 0.1) is 6.10 Å². The van der Waals surface area contributed by atoms with Crippen LogP contribution in [0.4, 0.5) is 0 Å². The van der Waals surface area contributed by atoms with Crippen molar-refractivity contribution < 1.29 is 4.74 Å². The van der Waals surface area contributed by atoms with Crippen LogP contribution in [-0.4, -0.2) is 13.7 Å². The van der Waals surface area contributed by atoms with Crippen LogP contribution in [0.15, 0.2) is 36.4 Å². The first kappa shape index (κ1) is 11.7. The van der Waals surface area contributed by atoms with Gasteiger partial charge in [0.25, 0.3) is 0 Å². The zero-order valence-corrected chi connectivity index (χ0v) is 10.7. The Labute approximate surface area is 108 Å². The molecule has 1 aliphatic carbocycles. The van der Waals surface area contributed by atoms with Crippen LogP contribution in [0.2, 0.25) is 0 Å². The van der Waals surface area contributed by atoms with E-state index in [4.69, 9.17) is 10.5 Å². The zero-order valence-electron chi connectivity index (χ0n) is 10.7. The Balaban J connectivity index is 2.19. The second-order valence-corrected chi connectivity index (χ2v) is 5.12. The highest BCUT2D eigenvalue weighted by atomic mass is 16.5. The standard InChI is InChI=1S/C16H19NO/c1-18-16-9-11(10-17)8-15-13-5-3-2-4-12(13)6-7-14(15)16/h2-7,11,16H,8-10,17H2,1H3. The summed E-state index contributed by atoms with van der Waals surface area (Å²) in [5, 5.41) is 2.67. The molecule has 0 bridgehead atoms. The smallest absolute Gasteiger partial charge is 0.0827 e. The molecular weight excluding hydrogens is 222 g/mol. The third kappa shape index (κ3) is 1.82. The molecule has 0 heterocycles. The summed E-state index contributed by atoms with van der Waals surface area (Å²) in [6.45, 7) is 0.739. The number of hydrogen-bond donors (Lipinski definition) is 1. The van der Waals surface area contributed by atoms with E-state index in [0.717, 1.165) is 19.4 Å². The molecule has 0 amide bonds. The molecule has 2 aromatic carbocycles. The largest absolute Gasteiger partial charge is 0.377 e. The van der Waals surface area contributed by atoms with E-state index >= 15 is 0 Å². The highest BCUT2D eigenvalue weighted by Crippen LogP contribution is 2.38. The summed E-state index contributed by atoms with van der Waals surface area (Å²) in [6, 6.07) is 13.0. The lowest BCUT2D eigenvalue weighted by molar-refractivity contribution is 0.0732. The van der Waals surface area contributed by atoms with E-state index < -0.39 is 0 Å². The van der Waals surface area contributed by atoms with Gasteiger partial charge in [-0.3, -0.25) is 0 Å². The minimum Gasteiger partial charge on any atom is -0.377 e. The second-order valence-electron chi connectivity index (χ2n) is 5.12. The van der Waals surface area contributed by atoms with Gasteiger partial charge in [-0.2, -0.15) is 0 Å². The first-order valence-corrected chi connectivity index (χ1v) is 6.57. The molecule has 2 aromatic rings. The summed E-state index contributed by atoms with van der Waals surface area (Å²) in [7, 11) is 1.79. The van der Waals surface area contributed by atoms with Gasteiger partial charge in [0.15, 0.2) is 0 Å². The lowest BCUT2D eigenvalue weighted by Gasteiger charge is -2.31. The maximum absolute atomic E-state index is 5.87. The Hall–Kier alpha value is -1.38. The topological polar surface area (TPSA) is 35.2 Å². The predicted molar refractivity (Wildman–Crippen MR) is 74.6 cm³/mol. The van der Waals surface area contributed by atoms with Crippen LogP contribution in [-0.2, 0) is 11.2 Å². The fourth-order valence-electron chi connectivity index (χ4n) is 3.09. The van der Waals surface area contributed by atoms with Gasteiger partial charge in [0.2, 0.25) is 0 Å². The number of benzene rings is 2. The van der Waals surface area contributed by atoms with E-state index in [1.807, 2.05) is 0 Å². The van der Waals surface area contributed by atoms with E-state index in [1.165, 1.54) is 21.9 Å². The van der Waals surface area contributed by atoms with E-state index in [2.05, 4.69) is 36.4 Å². The maximum atomic E-state index is 5.87. The van der Waals surface area contributed by atoms with E-state index in [9.17, 15) is 0 Å². The van der Waals surface area contributed by atoms with Crippen LogP contribution in [0.1, 0.15) is 23.7 Å². The summed E-state index contributed by atoms with van der Waals surface area (Å²) in [5.41, 5.74) is 8.65. The van der Waals surface area contributed by atoms with Crippen LogP contribution >= 0.6 is 0 Å². The van der Waals surface area contributed by atoms with Crippen LogP contribution in [0.5, 0.6) is 0 Å². The predicted octanol–water partition coefficient (Wildman–Crippen LogP) is 3.05. The monoisotopic (exact) mass is 241 g/mol. The Morgan fingerprint density at radius 2 is 2.06 bits per heavy atom. The van der Waals surface area contributed by atoms with Gasteiger partial charge in [-0.05, 0) is 47.2 Å². The van der Waals surface area contributed by atoms with Crippen LogP contribution in [0.3, 0.4) is 0 Å². The average molecular weight is 241 g/mol. The highest BCUT2D eigenvalue weighted by Gasteiger charge is 2.27. The molecule has 0 saturated carbocycles. The average Bonchev–Trinajstić information content (AvgIpc) is 2.45. The number of nitrogens with two attached hydrogens (primary N) is 1. The highest BCUT2D eigenvalue weighted by molar-refractivity contribution is 5.87. The number of rotatable bonds is 2. The van der Waals surface area contributed by atoms with Gasteiger partial charge in [0.1, 0.15) is 0 Å². The van der Waals surface area contributed by atoms with Gasteiger partial charge in [-0.25, -0.2) is 0 Å². The van der Waals surface area contributed by atoms with Crippen molar-refractivity contribution in [2.24, 2.45) is 11.7 Å². The van der Waals surface area contributed by atoms with Crippen molar-refractivity contribution in [3.8, 4) is 0 Å². The molecule has 94 valence electrons. The van der Waals surface area contributed by atoms with Crippen LogP contribution in [0, 0.1) is 5.92 Å². The Bertz CT molecular complexity index is 564. The minimum absolute atomic E-state index is 0.201. The molecule has 0 spiro atoms. The Morgan fingerprint density at radius 1 is 1.22 bits per heavy atom. The normalized spacial score (nSPS) is 23.0. The summed E-state index contributed by atoms with van der Waals surface area (Å²) in [4.78, 5) is 0. The van der Waals surface area contributed by atoms with Gasteiger partial charge in [0, 0.05) is 7.11 Å². The van der Waals surface area contributed by atoms with Crippen molar-refractivity contribution in [3.05, 3.63) is 47.5 Å². The second kappa shape index (κ2) is 4.71. The lowest BCUT2D eigenvalue weighted by Crippen LogP contribution is -2.26. The Morgan fingerprint density at radius 3 is 2.83 bits per heavy atom. The third-order valence-electron chi connectivity index (χ3n) is 4.08. The molecule has 0 aliphatic heterocycles. The van der Waals surface area contributed by atoms with Crippen molar-refractivity contribution >= 4 is 10.8 Å². The first-order valence-electron chi connectivity index (χ1n) is 6.57. The first-order chi connectivity index (χ1) is 8.83. The fraction of sp³-hybridized carbons (Fsp3) is 0.375. The van der Waals surface area contributed by atoms with E-state index in [-0.39, 0.29) is 6.10 Å². The molecule has 0 aromatic heterocycles. The summed E-state index contributed by atoms with van der Waals surface area (Å²) >= 11 is 0. The summed E-state index contributed by atoms with van der Waals surface area (Å²) in [6.07, 6.45) is 2.32. The summed E-state index contributed by atoms with van der Waals surface area (Å²) in [5.74, 6) is 0.535. The molecule has 1 aliphatic rings. The zero-order chi connectivity index (χ0) is 12.5. The minimum atomic E-state index is 0.201. The van der Waals surface area contributed by atoms with Crippen molar-refractivity contribution in [2.45, 2.75) is 18.9 Å². The van der Waals surface area contributed by atoms with Gasteiger partial charge in [-0.15, -0.1) is 0 Å². The van der Waals surface area contributed by atoms with E-state index in [0.29, 0.717) is 5.92 Å². The van der Waals surface area contributed by atoms with Gasteiger partial charge < -0.3 is 10.5 Å². The molecule has 0 fully saturated rings. The molecule has 2 atom stereocenters. The molecule has 18 heavy (non-hydrogen) atoms. The molecule has 2 nitrogen and oxygen atoms in total. The van der Waals surface area contributed by atoms with E-state index in [1.54, 1.807) is 7.11 Å². The molecule has 2 N–H and O–H groups in total. The number of ether oxygens (including phenoxy) is 1. The lowest BCUT2D eigenvalue weighted by atomic mass is 9.80. The fourth-order valence-corrected chi connectivity index (χ4v) is 3.09. The van der Waals surface area contributed by atoms with Crippen LogP contribution in [0.25, 0.3) is 10.8 Å². The maximum Gasteiger partial charge on any atom is 0.0827 e. The van der Waals surface area contributed by atoms with Crippen molar-refractivity contribution in [2.75, 3.05) is 13.7 Å². The van der Waals surface area contributed by atoms with Crippen LogP contribution < -0.4 is 5.73 Å². The van der Waals surface area contributed by atoms with Gasteiger partial charge in [-0.1, -0.05) is 36.4 Å². The van der Waals surface area contributed by atoms with Crippen molar-refractivity contribution in [1.29, 1.82) is 0 Å². The third-order valence-corrected chi connectivity index (χ3v) is 4.08. The number of fused-ring (bicyclic) bond motifs is 3. The molecule has 2 unspecified atom stereocenters. The molecule has 3 rings (SSSR count). The molecule has 0 radical (unpaired) electrons. The molecular formula is C16H19NO. The van der Waals surface area contributed by atoms with Crippen molar-refractivity contribution in [3.63, 3.8) is 0 Å². The molecule has 0 saturated heterocycles. The number of methoxy groups -OCH3 is 1. The molecule has 2 heteroatoms. The SMILES string of the molecule is COC1CC(CN)Cc2c1ccc1ccccc21. The number of hydrogen-bond acceptors (Lipinski definition) is 2. The van der Waals surface area contributed by atoms with Crippen molar-refractivity contribution in [1.82, 2.24) is 0 Å². The van der Waals surface area contributed by atoms with Gasteiger partial charge >= 0.3 is 0 Å². The summed E-state index contributed by atoms with van der Waals surface area (Å²) < 4.78 is 5.64.